The van der Waals surface area contributed by atoms with Crippen molar-refractivity contribution in [2.75, 3.05) is 26.7 Å². The van der Waals surface area contributed by atoms with Crippen molar-refractivity contribution in [1.29, 1.82) is 0 Å². The van der Waals surface area contributed by atoms with E-state index in [1.807, 2.05) is 0 Å². The molecule has 6 heteroatoms. The van der Waals surface area contributed by atoms with Gasteiger partial charge in [-0.05, 0) is 50.0 Å². The summed E-state index contributed by atoms with van der Waals surface area (Å²) in [5, 5.41) is 6.14. The average molecular weight is 317 g/mol. The van der Waals surface area contributed by atoms with E-state index >= 15 is 0 Å². The van der Waals surface area contributed by atoms with Gasteiger partial charge >= 0.3 is 0 Å². The largest absolute Gasteiger partial charge is 0.368 e. The molecule has 2 N–H and O–H groups in total. The number of ether oxygens (including phenoxy) is 1. The molecule has 0 radical (unpaired) electrons. The van der Waals surface area contributed by atoms with E-state index in [2.05, 4.69) is 10.6 Å². The van der Waals surface area contributed by atoms with Gasteiger partial charge in [-0.3, -0.25) is 4.79 Å². The number of hydrogen-bond donors (Lipinski definition) is 2. The highest BCUT2D eigenvalue weighted by Gasteiger charge is 2.39. The minimum absolute atomic E-state index is 0. The second-order valence-corrected chi connectivity index (χ2v) is 5.08. The molecule has 4 nitrogen and oxygen atoms in total. The van der Waals surface area contributed by atoms with Crippen molar-refractivity contribution >= 4 is 18.3 Å². The Morgan fingerprint density at radius 2 is 1.95 bits per heavy atom. The van der Waals surface area contributed by atoms with E-state index in [1.54, 1.807) is 19.2 Å². The van der Waals surface area contributed by atoms with Crippen molar-refractivity contribution in [2.24, 2.45) is 0 Å². The summed E-state index contributed by atoms with van der Waals surface area (Å²) in [4.78, 5) is 12.3. The van der Waals surface area contributed by atoms with Crippen LogP contribution in [-0.4, -0.2) is 38.3 Å². The Morgan fingerprint density at radius 3 is 2.52 bits per heavy atom. The van der Waals surface area contributed by atoms with Crippen molar-refractivity contribution in [1.82, 2.24) is 10.6 Å². The number of halogens is 2. The minimum atomic E-state index is -0.700. The van der Waals surface area contributed by atoms with E-state index in [1.165, 1.54) is 12.1 Å². The summed E-state index contributed by atoms with van der Waals surface area (Å²) in [5.41, 5.74) is 0.303. The third-order valence-corrected chi connectivity index (χ3v) is 3.83. The van der Waals surface area contributed by atoms with E-state index < -0.39 is 5.60 Å². The van der Waals surface area contributed by atoms with Crippen LogP contribution < -0.4 is 10.6 Å². The van der Waals surface area contributed by atoms with Crippen molar-refractivity contribution in [3.05, 3.63) is 35.6 Å². The molecule has 0 unspecified atom stereocenters. The summed E-state index contributed by atoms with van der Waals surface area (Å²) in [6, 6.07) is 6.33. The van der Waals surface area contributed by atoms with Crippen LogP contribution in [0.2, 0.25) is 0 Å². The SMILES string of the molecule is COC1(C(=O)NCCc2ccc(F)cc2)CCNCC1.Cl. The quantitative estimate of drug-likeness (QED) is 0.869. The Bertz CT molecular complexity index is 447. The molecule has 0 atom stereocenters. The second kappa shape index (κ2) is 8.32. The van der Waals surface area contributed by atoms with Crippen LogP contribution in [0.15, 0.2) is 24.3 Å². The lowest BCUT2D eigenvalue weighted by atomic mass is 9.91. The molecule has 1 aromatic rings. The van der Waals surface area contributed by atoms with Crippen LogP contribution in [0.5, 0.6) is 0 Å². The predicted molar refractivity (Wildman–Crippen MR) is 82.2 cm³/mol. The summed E-state index contributed by atoms with van der Waals surface area (Å²) in [6.45, 7) is 2.11. The number of carbonyl (C=O) groups excluding carboxylic acids is 1. The highest BCUT2D eigenvalue weighted by Crippen LogP contribution is 2.22. The van der Waals surface area contributed by atoms with Gasteiger partial charge in [0.25, 0.3) is 5.91 Å². The first-order valence-corrected chi connectivity index (χ1v) is 6.95. The monoisotopic (exact) mass is 316 g/mol. The maximum Gasteiger partial charge on any atom is 0.252 e. The Labute approximate surface area is 130 Å². The molecule has 0 aliphatic carbocycles. The summed E-state index contributed by atoms with van der Waals surface area (Å²) >= 11 is 0. The Balaban J connectivity index is 0.00000220. The van der Waals surface area contributed by atoms with E-state index in [4.69, 9.17) is 4.74 Å². The summed E-state index contributed by atoms with van der Waals surface area (Å²) in [6.07, 6.45) is 2.06. The van der Waals surface area contributed by atoms with Gasteiger partial charge < -0.3 is 15.4 Å². The molecule has 1 heterocycles. The molecule has 118 valence electrons. The van der Waals surface area contributed by atoms with Crippen LogP contribution in [0.3, 0.4) is 0 Å². The van der Waals surface area contributed by atoms with Gasteiger partial charge in [-0.1, -0.05) is 12.1 Å². The third kappa shape index (κ3) is 4.66. The number of amides is 1. The van der Waals surface area contributed by atoms with Gasteiger partial charge in [-0.25, -0.2) is 4.39 Å². The van der Waals surface area contributed by atoms with Gasteiger partial charge in [0, 0.05) is 13.7 Å². The molecule has 1 aromatic carbocycles. The Morgan fingerprint density at radius 1 is 1.33 bits per heavy atom. The molecule has 1 aliphatic rings. The molecule has 0 bridgehead atoms. The van der Waals surface area contributed by atoms with Gasteiger partial charge in [-0.2, -0.15) is 0 Å². The fourth-order valence-electron chi connectivity index (χ4n) is 2.49. The first-order valence-electron chi connectivity index (χ1n) is 6.95. The number of methoxy groups -OCH3 is 1. The van der Waals surface area contributed by atoms with Crippen LogP contribution in [0, 0.1) is 5.82 Å². The van der Waals surface area contributed by atoms with Gasteiger partial charge in [0.1, 0.15) is 11.4 Å². The normalized spacial score (nSPS) is 16.9. The Hall–Kier alpha value is -1.17. The van der Waals surface area contributed by atoms with E-state index in [-0.39, 0.29) is 24.1 Å². The minimum Gasteiger partial charge on any atom is -0.368 e. The molecule has 1 fully saturated rings. The maximum atomic E-state index is 12.8. The molecule has 0 saturated carbocycles. The zero-order chi connectivity index (χ0) is 14.4. The standard InChI is InChI=1S/C15H21FN2O2.ClH/c1-20-15(7-10-17-11-8-15)14(19)18-9-6-12-2-4-13(16)5-3-12;/h2-5,17H,6-11H2,1H3,(H,18,19);1H. The van der Waals surface area contributed by atoms with E-state index in [9.17, 15) is 9.18 Å². The first kappa shape index (κ1) is 17.9. The van der Waals surface area contributed by atoms with E-state index in [0.29, 0.717) is 25.8 Å². The van der Waals surface area contributed by atoms with Crippen molar-refractivity contribution in [2.45, 2.75) is 24.9 Å². The smallest absolute Gasteiger partial charge is 0.252 e. The number of carbonyl (C=O) groups is 1. The molecule has 2 rings (SSSR count). The van der Waals surface area contributed by atoms with Crippen LogP contribution in [0.1, 0.15) is 18.4 Å². The van der Waals surface area contributed by atoms with Gasteiger partial charge in [0.05, 0.1) is 0 Å². The van der Waals surface area contributed by atoms with Crippen molar-refractivity contribution < 1.29 is 13.9 Å². The number of hydrogen-bond acceptors (Lipinski definition) is 3. The molecule has 1 amide bonds. The topological polar surface area (TPSA) is 50.4 Å². The van der Waals surface area contributed by atoms with Crippen LogP contribution >= 0.6 is 12.4 Å². The fraction of sp³-hybridized carbons (Fsp3) is 0.533. The number of benzene rings is 1. The summed E-state index contributed by atoms with van der Waals surface area (Å²) < 4.78 is 18.2. The molecule has 0 spiro atoms. The number of rotatable bonds is 5. The number of nitrogens with one attached hydrogen (secondary N) is 2. The zero-order valence-electron chi connectivity index (χ0n) is 12.2. The van der Waals surface area contributed by atoms with Crippen molar-refractivity contribution in [3.8, 4) is 0 Å². The average Bonchev–Trinajstić information content (AvgIpc) is 2.50. The molecule has 0 aromatic heterocycles. The molecular formula is C15H22ClFN2O2. The fourth-order valence-corrected chi connectivity index (χ4v) is 2.49. The van der Waals surface area contributed by atoms with Crippen molar-refractivity contribution in [3.63, 3.8) is 0 Å². The summed E-state index contributed by atoms with van der Waals surface area (Å²) in [5.74, 6) is -0.297. The molecular weight excluding hydrogens is 295 g/mol. The lowest BCUT2D eigenvalue weighted by Gasteiger charge is -2.34. The molecule has 1 saturated heterocycles. The molecule has 21 heavy (non-hydrogen) atoms. The molecule has 1 aliphatic heterocycles. The van der Waals surface area contributed by atoms with Crippen LogP contribution in [0.4, 0.5) is 4.39 Å². The van der Waals surface area contributed by atoms with E-state index in [0.717, 1.165) is 18.7 Å². The summed E-state index contributed by atoms with van der Waals surface area (Å²) in [7, 11) is 1.59. The van der Waals surface area contributed by atoms with Gasteiger partial charge in [0.2, 0.25) is 0 Å². The lowest BCUT2D eigenvalue weighted by Crippen LogP contribution is -2.54. The highest BCUT2D eigenvalue weighted by molar-refractivity contribution is 5.85. The third-order valence-electron chi connectivity index (χ3n) is 3.83. The van der Waals surface area contributed by atoms with Gasteiger partial charge in [-0.15, -0.1) is 12.4 Å². The highest BCUT2D eigenvalue weighted by atomic mass is 35.5. The first-order chi connectivity index (χ1) is 9.66. The van der Waals surface area contributed by atoms with Crippen LogP contribution in [0.25, 0.3) is 0 Å². The maximum absolute atomic E-state index is 12.8. The zero-order valence-corrected chi connectivity index (χ0v) is 13.0. The number of piperidine rings is 1. The van der Waals surface area contributed by atoms with Crippen LogP contribution in [-0.2, 0) is 16.0 Å². The Kier molecular flexibility index (Phi) is 7.08. The lowest BCUT2D eigenvalue weighted by molar-refractivity contribution is -0.146. The second-order valence-electron chi connectivity index (χ2n) is 5.08. The predicted octanol–water partition coefficient (Wildman–Crippen LogP) is 1.67. The van der Waals surface area contributed by atoms with Gasteiger partial charge in [0.15, 0.2) is 0 Å².